The molecule has 138 valence electrons. The van der Waals surface area contributed by atoms with Crippen molar-refractivity contribution in [2.24, 2.45) is 11.8 Å². The Labute approximate surface area is 167 Å². The van der Waals surface area contributed by atoms with Crippen molar-refractivity contribution in [2.45, 2.75) is 45.4 Å². The number of aldehydes is 1. The van der Waals surface area contributed by atoms with Crippen molar-refractivity contribution in [3.63, 3.8) is 0 Å². The maximum Gasteiger partial charge on any atom is 0.152 e. The van der Waals surface area contributed by atoms with Gasteiger partial charge in [0.05, 0.1) is 15.7 Å². The second kappa shape index (κ2) is 8.20. The first-order valence-corrected chi connectivity index (χ1v) is 10.5. The number of rotatable bonds is 6. The number of thiazole rings is 1. The highest BCUT2D eigenvalue weighted by Crippen LogP contribution is 2.40. The van der Waals surface area contributed by atoms with Crippen LogP contribution in [0.3, 0.4) is 0 Å². The monoisotopic (exact) mass is 409 g/mol. The molecular formula is C20H21Cl2NO2S. The Kier molecular flexibility index (Phi) is 6.16. The predicted octanol–water partition coefficient (Wildman–Crippen LogP) is 5.97. The van der Waals surface area contributed by atoms with Crippen LogP contribution in [-0.2, 0) is 16.0 Å². The summed E-state index contributed by atoms with van der Waals surface area (Å²) in [6.45, 7) is 4.16. The zero-order chi connectivity index (χ0) is 18.8. The minimum Gasteiger partial charge on any atom is -0.302 e. The molecule has 0 saturated heterocycles. The number of hydrogen-bond acceptors (Lipinski definition) is 4. The SMILES string of the molecule is CCc1sc(-c2cccc(Cl)c2Cl)nc1C(C=O)C(=O)[C@@H]1CC[C@@H](C)C1. The molecule has 1 aliphatic rings. The molecule has 0 N–H and O–H groups in total. The van der Waals surface area contributed by atoms with Gasteiger partial charge in [0.2, 0.25) is 0 Å². The zero-order valence-electron chi connectivity index (χ0n) is 14.8. The molecule has 0 radical (unpaired) electrons. The zero-order valence-corrected chi connectivity index (χ0v) is 17.1. The number of hydrogen-bond donors (Lipinski definition) is 0. The fourth-order valence-corrected chi connectivity index (χ4v) is 5.15. The molecule has 0 bridgehead atoms. The van der Waals surface area contributed by atoms with Crippen molar-refractivity contribution < 1.29 is 9.59 Å². The van der Waals surface area contributed by atoms with Crippen LogP contribution in [0.2, 0.25) is 10.0 Å². The summed E-state index contributed by atoms with van der Waals surface area (Å²) >= 11 is 13.9. The van der Waals surface area contributed by atoms with Gasteiger partial charge in [0.1, 0.15) is 17.2 Å². The lowest BCUT2D eigenvalue weighted by Crippen LogP contribution is -2.22. The van der Waals surface area contributed by atoms with Crippen molar-refractivity contribution in [3.05, 3.63) is 38.8 Å². The highest BCUT2D eigenvalue weighted by Gasteiger charge is 2.35. The third-order valence-electron chi connectivity index (χ3n) is 5.07. The summed E-state index contributed by atoms with van der Waals surface area (Å²) in [6, 6.07) is 5.40. The molecule has 6 heteroatoms. The van der Waals surface area contributed by atoms with Gasteiger partial charge < -0.3 is 4.79 Å². The quantitative estimate of drug-likeness (QED) is 0.436. The molecule has 26 heavy (non-hydrogen) atoms. The maximum atomic E-state index is 12.9. The summed E-state index contributed by atoms with van der Waals surface area (Å²) < 4.78 is 0. The molecule has 1 aromatic carbocycles. The highest BCUT2D eigenvalue weighted by atomic mass is 35.5. The van der Waals surface area contributed by atoms with Gasteiger partial charge in [0.15, 0.2) is 5.78 Å². The van der Waals surface area contributed by atoms with E-state index < -0.39 is 5.92 Å². The standard InChI is InChI=1S/C20H21Cl2NO2S/c1-3-16-18(14(10-24)19(25)12-8-7-11(2)9-12)23-20(26-16)13-5-4-6-15(21)17(13)22/h4-6,10-12,14H,3,7-9H2,1-2H3/t11-,12-,14?/m1/s1. The summed E-state index contributed by atoms with van der Waals surface area (Å²) in [6.07, 6.45) is 4.24. The number of aryl methyl sites for hydroxylation is 1. The lowest BCUT2D eigenvalue weighted by molar-refractivity contribution is -0.127. The van der Waals surface area contributed by atoms with Crippen LogP contribution in [0.5, 0.6) is 0 Å². The van der Waals surface area contributed by atoms with E-state index in [1.165, 1.54) is 11.3 Å². The Bertz CT molecular complexity index is 833. The van der Waals surface area contributed by atoms with E-state index in [2.05, 4.69) is 11.9 Å². The summed E-state index contributed by atoms with van der Waals surface area (Å²) in [5, 5.41) is 1.60. The number of Topliss-reactive ketones (excluding diaryl/α,β-unsaturated/α-hetero) is 1. The number of benzene rings is 1. The van der Waals surface area contributed by atoms with Crippen molar-refractivity contribution in [2.75, 3.05) is 0 Å². The highest BCUT2D eigenvalue weighted by molar-refractivity contribution is 7.15. The van der Waals surface area contributed by atoms with Crippen LogP contribution in [0.1, 0.15) is 49.6 Å². The fraction of sp³-hybridized carbons (Fsp3) is 0.450. The van der Waals surface area contributed by atoms with E-state index in [1.807, 2.05) is 19.1 Å². The van der Waals surface area contributed by atoms with Crippen LogP contribution in [0.15, 0.2) is 18.2 Å². The Balaban J connectivity index is 1.98. The largest absolute Gasteiger partial charge is 0.302 e. The molecule has 1 aliphatic carbocycles. The Hall–Kier alpha value is -1.23. The molecule has 1 unspecified atom stereocenters. The van der Waals surface area contributed by atoms with Gasteiger partial charge >= 0.3 is 0 Å². The van der Waals surface area contributed by atoms with Crippen molar-refractivity contribution in [1.29, 1.82) is 0 Å². The molecule has 3 atom stereocenters. The second-order valence-corrected chi connectivity index (χ2v) is 8.78. The van der Waals surface area contributed by atoms with Gasteiger partial charge in [-0.05, 0) is 37.7 Å². The number of ketones is 1. The molecule has 3 rings (SSSR count). The molecule has 1 aromatic heterocycles. The van der Waals surface area contributed by atoms with Gasteiger partial charge in [-0.2, -0.15) is 0 Å². The number of halogens is 2. The number of aromatic nitrogens is 1. The smallest absolute Gasteiger partial charge is 0.152 e. The van der Waals surface area contributed by atoms with E-state index in [0.29, 0.717) is 33.1 Å². The Morgan fingerprint density at radius 1 is 1.38 bits per heavy atom. The topological polar surface area (TPSA) is 47.0 Å². The average molecular weight is 410 g/mol. The van der Waals surface area contributed by atoms with E-state index in [0.717, 1.165) is 36.0 Å². The van der Waals surface area contributed by atoms with Gasteiger partial charge in [0.25, 0.3) is 0 Å². The minimum absolute atomic E-state index is 0.00749. The lowest BCUT2D eigenvalue weighted by Gasteiger charge is -2.14. The molecule has 0 amide bonds. The first-order chi connectivity index (χ1) is 12.5. The predicted molar refractivity (Wildman–Crippen MR) is 107 cm³/mol. The lowest BCUT2D eigenvalue weighted by atomic mass is 9.89. The Morgan fingerprint density at radius 3 is 2.77 bits per heavy atom. The van der Waals surface area contributed by atoms with Crippen molar-refractivity contribution >= 4 is 46.6 Å². The van der Waals surface area contributed by atoms with Crippen LogP contribution in [0.4, 0.5) is 0 Å². The molecule has 3 nitrogen and oxygen atoms in total. The van der Waals surface area contributed by atoms with Gasteiger partial charge in [-0.15, -0.1) is 11.3 Å². The van der Waals surface area contributed by atoms with Crippen LogP contribution in [-0.4, -0.2) is 17.1 Å². The minimum atomic E-state index is -0.789. The molecule has 0 spiro atoms. The first kappa shape index (κ1) is 19.5. The molecule has 1 fully saturated rings. The summed E-state index contributed by atoms with van der Waals surface area (Å²) in [5.74, 6) is -0.278. The fourth-order valence-electron chi connectivity index (χ4n) is 3.63. The van der Waals surface area contributed by atoms with E-state index in [-0.39, 0.29) is 11.7 Å². The van der Waals surface area contributed by atoms with Crippen LogP contribution >= 0.6 is 34.5 Å². The number of carbonyl (C=O) groups is 2. The maximum absolute atomic E-state index is 12.9. The van der Waals surface area contributed by atoms with Crippen molar-refractivity contribution in [1.82, 2.24) is 4.98 Å². The molecule has 2 aromatic rings. The van der Waals surface area contributed by atoms with E-state index in [4.69, 9.17) is 23.2 Å². The number of nitrogens with zero attached hydrogens (tertiary/aromatic N) is 1. The first-order valence-electron chi connectivity index (χ1n) is 8.89. The van der Waals surface area contributed by atoms with Gasteiger partial charge in [0, 0.05) is 16.4 Å². The molecular weight excluding hydrogens is 389 g/mol. The summed E-state index contributed by atoms with van der Waals surface area (Å²) in [5.41, 5.74) is 1.32. The van der Waals surface area contributed by atoms with Gasteiger partial charge in [-0.1, -0.05) is 49.2 Å². The third kappa shape index (κ3) is 3.73. The van der Waals surface area contributed by atoms with Crippen LogP contribution in [0, 0.1) is 11.8 Å². The average Bonchev–Trinajstić information content (AvgIpc) is 3.24. The number of carbonyl (C=O) groups excluding carboxylic acids is 2. The second-order valence-electron chi connectivity index (χ2n) is 6.91. The normalized spacial score (nSPS) is 20.9. The molecule has 1 saturated carbocycles. The van der Waals surface area contributed by atoms with E-state index in [1.54, 1.807) is 6.07 Å². The van der Waals surface area contributed by atoms with Crippen molar-refractivity contribution in [3.8, 4) is 10.6 Å². The van der Waals surface area contributed by atoms with E-state index in [9.17, 15) is 9.59 Å². The summed E-state index contributed by atoms with van der Waals surface area (Å²) in [7, 11) is 0. The molecule has 0 aliphatic heterocycles. The van der Waals surface area contributed by atoms with E-state index >= 15 is 0 Å². The molecule has 1 heterocycles. The van der Waals surface area contributed by atoms with Crippen LogP contribution in [0.25, 0.3) is 10.6 Å². The van der Waals surface area contributed by atoms with Crippen LogP contribution < -0.4 is 0 Å². The third-order valence-corrected chi connectivity index (χ3v) is 7.13. The summed E-state index contributed by atoms with van der Waals surface area (Å²) in [4.78, 5) is 30.4. The van der Waals surface area contributed by atoms with Gasteiger partial charge in [-0.25, -0.2) is 4.98 Å². The van der Waals surface area contributed by atoms with Gasteiger partial charge in [-0.3, -0.25) is 4.79 Å². The Morgan fingerprint density at radius 2 is 2.15 bits per heavy atom.